The van der Waals surface area contributed by atoms with Crippen molar-refractivity contribution in [1.29, 1.82) is 0 Å². The lowest BCUT2D eigenvalue weighted by molar-refractivity contribution is -0.830. The second-order valence-corrected chi connectivity index (χ2v) is 9.55. The standard InChI is InChI=1S/C27H40F2N4O3/c1-10-13-18(2)25(34)33(7,8)24-14-11-12-15-27(28,29)26(35)32-23(19(3)17-30-21(24)5)16-20(4)31-22(6)36-9/h11-12,16,18,24,31H,3-4,6,10,13-15,17H2,1-2,5,7-9H3/p+1. The number of carbonyl (C=O) groups excluding carboxylic acids is 2. The van der Waals surface area contributed by atoms with Gasteiger partial charge >= 0.3 is 11.8 Å². The molecule has 2 atom stereocenters. The van der Waals surface area contributed by atoms with Crippen molar-refractivity contribution in [3.63, 3.8) is 0 Å². The van der Waals surface area contributed by atoms with E-state index in [2.05, 4.69) is 35.4 Å². The maximum absolute atomic E-state index is 14.6. The fourth-order valence-electron chi connectivity index (χ4n) is 4.02. The van der Waals surface area contributed by atoms with Crippen LogP contribution in [0.1, 0.15) is 46.5 Å². The highest BCUT2D eigenvalue weighted by Gasteiger charge is 2.41. The van der Waals surface area contributed by atoms with E-state index in [0.717, 1.165) is 12.8 Å². The smallest absolute Gasteiger partial charge is 0.328 e. The van der Waals surface area contributed by atoms with Crippen molar-refractivity contribution >= 4 is 17.5 Å². The first-order valence-electron chi connectivity index (χ1n) is 12.0. The number of nitrogens with zero attached hydrogens (tertiary/aromatic N) is 2. The number of carbonyl (C=O) groups is 2. The minimum Gasteiger partial charge on any atom is -0.483 e. The van der Waals surface area contributed by atoms with E-state index in [0.29, 0.717) is 17.7 Å². The molecule has 1 rings (SSSR count). The van der Waals surface area contributed by atoms with E-state index in [9.17, 15) is 18.4 Å². The van der Waals surface area contributed by atoms with E-state index < -0.39 is 18.3 Å². The number of rotatable bonds is 8. The molecule has 0 aromatic rings. The predicted octanol–water partition coefficient (Wildman–Crippen LogP) is 4.62. The van der Waals surface area contributed by atoms with Gasteiger partial charge in [-0.25, -0.2) is 4.79 Å². The normalized spacial score (nSPS) is 21.3. The van der Waals surface area contributed by atoms with E-state index in [4.69, 9.17) is 4.74 Å². The average molecular weight is 508 g/mol. The van der Waals surface area contributed by atoms with Crippen molar-refractivity contribution in [2.45, 2.75) is 58.4 Å². The van der Waals surface area contributed by atoms with Crippen LogP contribution < -0.4 is 10.6 Å². The molecule has 0 aliphatic carbocycles. The summed E-state index contributed by atoms with van der Waals surface area (Å²) in [6.07, 6.45) is 5.42. The van der Waals surface area contributed by atoms with E-state index in [1.54, 1.807) is 6.08 Å². The van der Waals surface area contributed by atoms with Gasteiger partial charge in [-0.15, -0.1) is 0 Å². The molecule has 0 aromatic carbocycles. The third-order valence-corrected chi connectivity index (χ3v) is 6.22. The van der Waals surface area contributed by atoms with Gasteiger partial charge in [-0.05, 0) is 38.5 Å². The SMILES string of the molecule is C=C(C=C1NC(=O)C(F)(F)CC=CCC([N+](C)(C)C(=O)C(C)CCC)C(C)=NCC1=C)NC(=C)OC. The highest BCUT2D eigenvalue weighted by molar-refractivity contribution is 5.89. The van der Waals surface area contributed by atoms with Gasteiger partial charge in [-0.2, -0.15) is 8.78 Å². The number of nitrogens with one attached hydrogen (secondary N) is 2. The molecular formula is C27H41F2N4O3+. The summed E-state index contributed by atoms with van der Waals surface area (Å²) in [6, 6.07) is -0.368. The van der Waals surface area contributed by atoms with Gasteiger partial charge in [0.15, 0.2) is 5.88 Å². The molecule has 1 aliphatic rings. The second-order valence-electron chi connectivity index (χ2n) is 9.55. The Hall–Kier alpha value is -3.07. The number of amides is 2. The van der Waals surface area contributed by atoms with Gasteiger partial charge in [-0.1, -0.05) is 38.7 Å². The lowest BCUT2D eigenvalue weighted by atomic mass is 9.98. The van der Waals surface area contributed by atoms with Gasteiger partial charge in [0.05, 0.1) is 39.4 Å². The van der Waals surface area contributed by atoms with E-state index in [-0.39, 0.29) is 46.2 Å². The maximum atomic E-state index is 14.6. The fraction of sp³-hybridized carbons (Fsp3) is 0.519. The van der Waals surface area contributed by atoms with Crippen molar-refractivity contribution in [2.75, 3.05) is 27.7 Å². The summed E-state index contributed by atoms with van der Waals surface area (Å²) < 4.78 is 34.2. The Balaban J connectivity index is 3.45. The summed E-state index contributed by atoms with van der Waals surface area (Å²) in [6.45, 7) is 17.1. The number of ether oxygens (including phenoxy) is 1. The minimum absolute atomic E-state index is 0.0287. The van der Waals surface area contributed by atoms with Crippen LogP contribution in [0.5, 0.6) is 0 Å². The number of aliphatic imine (C=N–C) groups is 1. The van der Waals surface area contributed by atoms with Crippen molar-refractivity contribution in [3.05, 3.63) is 60.8 Å². The summed E-state index contributed by atoms with van der Waals surface area (Å²) in [5.41, 5.74) is 1.27. The Morgan fingerprint density at radius 3 is 2.61 bits per heavy atom. The molecule has 36 heavy (non-hydrogen) atoms. The first kappa shape index (κ1) is 31.0. The summed E-state index contributed by atoms with van der Waals surface area (Å²) in [4.78, 5) is 30.3. The molecule has 0 aromatic heterocycles. The zero-order valence-corrected chi connectivity index (χ0v) is 22.4. The highest BCUT2D eigenvalue weighted by atomic mass is 19.3. The predicted molar refractivity (Wildman–Crippen MR) is 140 cm³/mol. The monoisotopic (exact) mass is 507 g/mol. The topological polar surface area (TPSA) is 79.8 Å². The first-order chi connectivity index (χ1) is 16.7. The van der Waals surface area contributed by atoms with Crippen LogP contribution in [0.25, 0.3) is 0 Å². The molecule has 200 valence electrons. The molecule has 2 amide bonds. The van der Waals surface area contributed by atoms with Gasteiger partial charge in [-0.3, -0.25) is 14.3 Å². The molecule has 7 nitrogen and oxygen atoms in total. The Morgan fingerprint density at radius 2 is 2.03 bits per heavy atom. The molecule has 0 bridgehead atoms. The summed E-state index contributed by atoms with van der Waals surface area (Å²) >= 11 is 0. The lowest BCUT2D eigenvalue weighted by Crippen LogP contribution is -2.57. The average Bonchev–Trinajstić information content (AvgIpc) is 2.80. The van der Waals surface area contributed by atoms with Crippen LogP contribution >= 0.6 is 0 Å². The zero-order valence-electron chi connectivity index (χ0n) is 22.4. The van der Waals surface area contributed by atoms with Gasteiger partial charge in [0.25, 0.3) is 5.91 Å². The quantitative estimate of drug-likeness (QED) is 0.286. The Morgan fingerprint density at radius 1 is 1.39 bits per heavy atom. The summed E-state index contributed by atoms with van der Waals surface area (Å²) in [5.74, 6) is -5.03. The zero-order chi connectivity index (χ0) is 27.7. The number of alkyl halides is 2. The number of allylic oxidation sites excluding steroid dienone is 2. The third-order valence-electron chi connectivity index (χ3n) is 6.22. The maximum Gasteiger partial charge on any atom is 0.328 e. The summed E-state index contributed by atoms with van der Waals surface area (Å²) in [7, 11) is 5.05. The van der Waals surface area contributed by atoms with Crippen LogP contribution in [0.4, 0.5) is 8.78 Å². The van der Waals surface area contributed by atoms with E-state index in [1.807, 2.05) is 34.9 Å². The van der Waals surface area contributed by atoms with Crippen LogP contribution in [-0.2, 0) is 14.3 Å². The van der Waals surface area contributed by atoms with Crippen molar-refractivity contribution in [3.8, 4) is 0 Å². The summed E-state index contributed by atoms with van der Waals surface area (Å²) in [5, 5.41) is 5.00. The van der Waals surface area contributed by atoms with Crippen LogP contribution in [0.2, 0.25) is 0 Å². The van der Waals surface area contributed by atoms with Gasteiger partial charge < -0.3 is 15.4 Å². The van der Waals surface area contributed by atoms with Gasteiger partial charge in [0.1, 0.15) is 6.04 Å². The molecule has 2 unspecified atom stereocenters. The molecule has 0 spiro atoms. The largest absolute Gasteiger partial charge is 0.483 e. The lowest BCUT2D eigenvalue weighted by Gasteiger charge is -2.37. The van der Waals surface area contributed by atoms with E-state index in [1.165, 1.54) is 19.3 Å². The van der Waals surface area contributed by atoms with Crippen molar-refractivity contribution in [2.24, 2.45) is 10.9 Å². The Labute approximate surface area is 214 Å². The highest BCUT2D eigenvalue weighted by Crippen LogP contribution is 2.24. The van der Waals surface area contributed by atoms with Crippen molar-refractivity contribution < 1.29 is 27.6 Å². The Kier molecular flexibility index (Phi) is 11.4. The molecule has 0 radical (unpaired) electrons. The molecule has 1 aliphatic heterocycles. The number of methoxy groups -OCH3 is 1. The molecule has 9 heteroatoms. The van der Waals surface area contributed by atoms with Crippen LogP contribution in [0.3, 0.4) is 0 Å². The third kappa shape index (κ3) is 8.55. The number of hydrogen-bond acceptors (Lipinski definition) is 5. The van der Waals surface area contributed by atoms with Crippen molar-refractivity contribution in [1.82, 2.24) is 10.6 Å². The van der Waals surface area contributed by atoms with E-state index >= 15 is 0 Å². The molecule has 2 N–H and O–H groups in total. The number of hydrogen-bond donors (Lipinski definition) is 2. The Bertz CT molecular complexity index is 964. The molecule has 0 saturated heterocycles. The number of halogens is 2. The molecule has 0 fully saturated rings. The first-order valence-corrected chi connectivity index (χ1v) is 12.0. The molecular weight excluding hydrogens is 466 g/mol. The van der Waals surface area contributed by atoms with Gasteiger partial charge in [0, 0.05) is 24.2 Å². The molecule has 0 saturated carbocycles. The van der Waals surface area contributed by atoms with Crippen LogP contribution in [0.15, 0.2) is 65.8 Å². The second kappa shape index (κ2) is 13.3. The van der Waals surface area contributed by atoms with Crippen LogP contribution in [-0.4, -0.2) is 61.7 Å². The molecule has 1 heterocycles. The van der Waals surface area contributed by atoms with Gasteiger partial charge in [0.2, 0.25) is 0 Å². The fourth-order valence-corrected chi connectivity index (χ4v) is 4.02. The minimum atomic E-state index is -3.66. The van der Waals surface area contributed by atoms with Crippen LogP contribution in [0, 0.1) is 5.92 Å². The number of quaternary nitrogens is 1.